The molecule has 0 aliphatic carbocycles. The molecule has 1 atom stereocenters. The Morgan fingerprint density at radius 2 is 1.95 bits per heavy atom. The number of pyridine rings is 1. The summed E-state index contributed by atoms with van der Waals surface area (Å²) >= 11 is 5.82. The lowest BCUT2D eigenvalue weighted by Crippen LogP contribution is -1.97. The number of hydrogen-bond donors (Lipinski definition) is 0. The summed E-state index contributed by atoms with van der Waals surface area (Å²) in [7, 11) is -1.40. The monoisotopic (exact) mass is 319 g/mol. The normalized spacial score (nSPS) is 12.2. The molecule has 7 heteroatoms. The molecule has 0 saturated carbocycles. The lowest BCUT2D eigenvalue weighted by Gasteiger charge is -1.97. The summed E-state index contributed by atoms with van der Waals surface area (Å²) in [5.41, 5.74) is 1.58. The van der Waals surface area contributed by atoms with Gasteiger partial charge < -0.3 is 4.42 Å². The molecule has 0 saturated heterocycles. The average molecular weight is 320 g/mol. The minimum absolute atomic E-state index is 0.101. The van der Waals surface area contributed by atoms with E-state index >= 15 is 0 Å². The Hall–Kier alpha value is -2.05. The van der Waals surface area contributed by atoms with Gasteiger partial charge in [-0.05, 0) is 35.9 Å². The van der Waals surface area contributed by atoms with E-state index in [0.717, 1.165) is 11.1 Å². The van der Waals surface area contributed by atoms with Gasteiger partial charge in [-0.3, -0.25) is 4.98 Å². The van der Waals surface area contributed by atoms with Crippen LogP contribution in [0.3, 0.4) is 0 Å². The van der Waals surface area contributed by atoms with Gasteiger partial charge in [0.15, 0.2) is 0 Å². The van der Waals surface area contributed by atoms with Crippen LogP contribution in [0.5, 0.6) is 0 Å². The Kier molecular flexibility index (Phi) is 4.08. The van der Waals surface area contributed by atoms with Gasteiger partial charge in [0.2, 0.25) is 5.89 Å². The van der Waals surface area contributed by atoms with Crippen LogP contribution in [0.4, 0.5) is 0 Å². The minimum Gasteiger partial charge on any atom is -0.410 e. The highest BCUT2D eigenvalue weighted by atomic mass is 35.5. The Balaban J connectivity index is 1.78. The van der Waals surface area contributed by atoms with E-state index in [-0.39, 0.29) is 11.0 Å². The number of rotatable bonds is 4. The first kappa shape index (κ1) is 13.9. The zero-order valence-corrected chi connectivity index (χ0v) is 12.3. The lowest BCUT2D eigenvalue weighted by atomic mass is 10.2. The van der Waals surface area contributed by atoms with Gasteiger partial charge in [-0.25, -0.2) is 4.21 Å². The van der Waals surface area contributed by atoms with E-state index < -0.39 is 10.8 Å². The first-order valence-electron chi connectivity index (χ1n) is 6.09. The van der Waals surface area contributed by atoms with Gasteiger partial charge in [0.1, 0.15) is 10.8 Å². The van der Waals surface area contributed by atoms with Crippen molar-refractivity contribution in [1.82, 2.24) is 15.2 Å². The molecule has 2 heterocycles. The molecular formula is C14H10ClN3O2S. The first-order valence-corrected chi connectivity index (χ1v) is 7.79. The molecule has 1 unspecified atom stereocenters. The standard InChI is InChI=1S/C14H10ClN3O2S/c15-12-5-3-11(4-6-12)13-17-18-14(20-13)21(19)9-10-2-1-7-16-8-10/h1-8H,9H2. The second-order valence-corrected chi connectivity index (χ2v) is 6.00. The van der Waals surface area contributed by atoms with E-state index in [1.54, 1.807) is 42.7 Å². The molecule has 0 bridgehead atoms. The molecule has 0 aliphatic rings. The number of hydrogen-bond acceptors (Lipinski definition) is 5. The third kappa shape index (κ3) is 3.34. The van der Waals surface area contributed by atoms with Gasteiger partial charge in [-0.15, -0.1) is 5.10 Å². The molecule has 21 heavy (non-hydrogen) atoms. The van der Waals surface area contributed by atoms with Crippen molar-refractivity contribution in [2.45, 2.75) is 11.0 Å². The molecule has 5 nitrogen and oxygen atoms in total. The summed E-state index contributed by atoms with van der Waals surface area (Å²) in [6, 6.07) is 10.6. The predicted octanol–water partition coefficient (Wildman–Crippen LogP) is 3.09. The summed E-state index contributed by atoms with van der Waals surface area (Å²) < 4.78 is 17.6. The Morgan fingerprint density at radius 3 is 2.67 bits per heavy atom. The largest absolute Gasteiger partial charge is 0.410 e. The van der Waals surface area contributed by atoms with E-state index in [1.807, 2.05) is 6.07 Å². The molecule has 0 N–H and O–H groups in total. The Morgan fingerprint density at radius 1 is 1.14 bits per heavy atom. The van der Waals surface area contributed by atoms with Crippen LogP contribution in [-0.2, 0) is 16.6 Å². The smallest absolute Gasteiger partial charge is 0.308 e. The van der Waals surface area contributed by atoms with Crippen molar-refractivity contribution in [2.24, 2.45) is 0 Å². The fourth-order valence-electron chi connectivity index (χ4n) is 1.71. The zero-order valence-electron chi connectivity index (χ0n) is 10.8. The van der Waals surface area contributed by atoms with Crippen molar-refractivity contribution in [2.75, 3.05) is 0 Å². The van der Waals surface area contributed by atoms with E-state index in [0.29, 0.717) is 10.9 Å². The van der Waals surface area contributed by atoms with Crippen LogP contribution in [0.15, 0.2) is 58.4 Å². The molecule has 3 aromatic rings. The number of aromatic nitrogens is 3. The topological polar surface area (TPSA) is 68.9 Å². The van der Waals surface area contributed by atoms with E-state index in [4.69, 9.17) is 16.0 Å². The molecule has 0 spiro atoms. The van der Waals surface area contributed by atoms with Gasteiger partial charge in [0.05, 0.1) is 5.75 Å². The van der Waals surface area contributed by atoms with Gasteiger partial charge in [-0.1, -0.05) is 22.8 Å². The molecule has 106 valence electrons. The summed E-state index contributed by atoms with van der Waals surface area (Å²) in [4.78, 5) is 3.98. The zero-order chi connectivity index (χ0) is 14.7. The van der Waals surface area contributed by atoms with Crippen molar-refractivity contribution in [3.8, 4) is 11.5 Å². The summed E-state index contributed by atoms with van der Waals surface area (Å²) in [5.74, 6) is 0.608. The molecule has 1 aromatic carbocycles. The van der Waals surface area contributed by atoms with Crippen molar-refractivity contribution in [3.63, 3.8) is 0 Å². The van der Waals surface area contributed by atoms with E-state index in [9.17, 15) is 4.21 Å². The van der Waals surface area contributed by atoms with Crippen LogP contribution >= 0.6 is 11.6 Å². The summed E-state index contributed by atoms with van der Waals surface area (Å²) in [5, 5.41) is 8.48. The minimum atomic E-state index is -1.40. The fraction of sp³-hybridized carbons (Fsp3) is 0.0714. The van der Waals surface area contributed by atoms with Gasteiger partial charge in [0, 0.05) is 23.0 Å². The second kappa shape index (κ2) is 6.15. The average Bonchev–Trinajstić information content (AvgIpc) is 2.99. The second-order valence-electron chi connectivity index (χ2n) is 4.23. The summed E-state index contributed by atoms with van der Waals surface area (Å²) in [6.45, 7) is 0. The first-order chi connectivity index (χ1) is 10.2. The molecule has 3 rings (SSSR count). The molecular weight excluding hydrogens is 310 g/mol. The highest BCUT2D eigenvalue weighted by molar-refractivity contribution is 7.84. The van der Waals surface area contributed by atoms with Gasteiger partial charge in [-0.2, -0.15) is 0 Å². The molecule has 0 aliphatic heterocycles. The van der Waals surface area contributed by atoms with Crippen LogP contribution in [0, 0.1) is 0 Å². The van der Waals surface area contributed by atoms with E-state index in [1.165, 1.54) is 0 Å². The number of benzene rings is 1. The molecule has 0 fully saturated rings. The highest BCUT2D eigenvalue weighted by Gasteiger charge is 2.15. The quantitative estimate of drug-likeness (QED) is 0.739. The van der Waals surface area contributed by atoms with Crippen molar-refractivity contribution in [1.29, 1.82) is 0 Å². The third-order valence-corrected chi connectivity index (χ3v) is 4.11. The van der Waals surface area contributed by atoms with E-state index in [2.05, 4.69) is 15.2 Å². The summed E-state index contributed by atoms with van der Waals surface area (Å²) in [6.07, 6.45) is 3.33. The SMILES string of the molecule is O=S(Cc1cccnc1)c1nnc(-c2ccc(Cl)cc2)o1. The van der Waals surface area contributed by atoms with Crippen LogP contribution < -0.4 is 0 Å². The maximum atomic E-state index is 12.2. The predicted molar refractivity (Wildman–Crippen MR) is 79.1 cm³/mol. The van der Waals surface area contributed by atoms with Gasteiger partial charge >= 0.3 is 5.22 Å². The van der Waals surface area contributed by atoms with Crippen molar-refractivity contribution >= 4 is 22.4 Å². The molecule has 0 radical (unpaired) electrons. The fourth-order valence-corrected chi connectivity index (χ4v) is 2.73. The molecule has 2 aromatic heterocycles. The van der Waals surface area contributed by atoms with Crippen molar-refractivity contribution < 1.29 is 8.63 Å². The van der Waals surface area contributed by atoms with Crippen LogP contribution in [0.2, 0.25) is 5.02 Å². The highest BCUT2D eigenvalue weighted by Crippen LogP contribution is 2.21. The number of nitrogens with zero attached hydrogens (tertiary/aromatic N) is 3. The lowest BCUT2D eigenvalue weighted by molar-refractivity contribution is 0.455. The maximum Gasteiger partial charge on any atom is 0.308 e. The Bertz CT molecular complexity index is 759. The third-order valence-electron chi connectivity index (χ3n) is 2.71. The molecule has 0 amide bonds. The van der Waals surface area contributed by atoms with Gasteiger partial charge in [0.25, 0.3) is 0 Å². The van der Waals surface area contributed by atoms with Crippen LogP contribution in [0.25, 0.3) is 11.5 Å². The van der Waals surface area contributed by atoms with Crippen LogP contribution in [-0.4, -0.2) is 19.4 Å². The Labute approximate surface area is 128 Å². The van der Waals surface area contributed by atoms with Crippen molar-refractivity contribution in [3.05, 3.63) is 59.4 Å². The number of halogens is 1. The van der Waals surface area contributed by atoms with Crippen LogP contribution in [0.1, 0.15) is 5.56 Å². The maximum absolute atomic E-state index is 12.2.